The number of fused-ring (bicyclic) bond motifs is 1. The molecule has 4 aromatic rings. The molecule has 34 heavy (non-hydrogen) atoms. The number of aromatic nitrogens is 2. The molecule has 1 amide bonds. The SMILES string of the molecule is CCCCc1ccc(NC(=O)CSc2nc3ccccc3c(=O)n2-c2cc(C)cc(C)c2)cc1. The number of thioether (sulfide) groups is 1. The van der Waals surface area contributed by atoms with Gasteiger partial charge in [0.25, 0.3) is 5.56 Å². The molecule has 174 valence electrons. The minimum Gasteiger partial charge on any atom is -0.325 e. The van der Waals surface area contributed by atoms with E-state index in [1.165, 1.54) is 17.3 Å². The number of nitrogens with zero attached hydrogens (tertiary/aromatic N) is 2. The smallest absolute Gasteiger partial charge is 0.266 e. The highest BCUT2D eigenvalue weighted by atomic mass is 32.2. The Hall–Kier alpha value is -3.38. The molecule has 1 aromatic heterocycles. The summed E-state index contributed by atoms with van der Waals surface area (Å²) >= 11 is 1.26. The van der Waals surface area contributed by atoms with Gasteiger partial charge in [-0.3, -0.25) is 14.2 Å². The molecule has 6 heteroatoms. The summed E-state index contributed by atoms with van der Waals surface area (Å²) in [7, 11) is 0. The van der Waals surface area contributed by atoms with Crippen molar-refractivity contribution < 1.29 is 4.79 Å². The average Bonchev–Trinajstić information content (AvgIpc) is 2.82. The van der Waals surface area contributed by atoms with E-state index >= 15 is 0 Å². The van der Waals surface area contributed by atoms with Gasteiger partial charge in [-0.2, -0.15) is 0 Å². The van der Waals surface area contributed by atoms with Crippen LogP contribution < -0.4 is 10.9 Å². The fourth-order valence-electron chi connectivity index (χ4n) is 3.98. The van der Waals surface area contributed by atoms with Gasteiger partial charge in [-0.05, 0) is 79.8 Å². The van der Waals surface area contributed by atoms with Crippen LogP contribution in [0.15, 0.2) is 76.7 Å². The molecule has 0 bridgehead atoms. The van der Waals surface area contributed by atoms with E-state index in [0.717, 1.165) is 41.8 Å². The molecular formula is C28H29N3O2S. The first kappa shape index (κ1) is 23.8. The predicted octanol–water partition coefficient (Wildman–Crippen LogP) is 6.08. The first-order valence-corrected chi connectivity index (χ1v) is 12.5. The van der Waals surface area contributed by atoms with Gasteiger partial charge in [-0.15, -0.1) is 0 Å². The molecule has 0 spiro atoms. The summed E-state index contributed by atoms with van der Waals surface area (Å²) < 4.78 is 1.61. The molecule has 0 radical (unpaired) electrons. The van der Waals surface area contributed by atoms with E-state index in [1.54, 1.807) is 10.6 Å². The molecule has 0 saturated heterocycles. The van der Waals surface area contributed by atoms with Crippen molar-refractivity contribution in [2.24, 2.45) is 0 Å². The van der Waals surface area contributed by atoms with E-state index in [0.29, 0.717) is 16.1 Å². The molecule has 0 aliphatic rings. The van der Waals surface area contributed by atoms with E-state index in [-0.39, 0.29) is 17.2 Å². The fraction of sp³-hybridized carbons (Fsp3) is 0.250. The molecule has 1 heterocycles. The van der Waals surface area contributed by atoms with Crippen molar-refractivity contribution in [2.45, 2.75) is 45.2 Å². The minimum atomic E-state index is -0.138. The lowest BCUT2D eigenvalue weighted by atomic mass is 10.1. The van der Waals surface area contributed by atoms with Crippen LogP contribution in [0.3, 0.4) is 0 Å². The number of carbonyl (C=O) groups excluding carboxylic acids is 1. The van der Waals surface area contributed by atoms with Gasteiger partial charge < -0.3 is 5.32 Å². The van der Waals surface area contributed by atoms with Gasteiger partial charge in [0.15, 0.2) is 5.16 Å². The lowest BCUT2D eigenvalue weighted by Crippen LogP contribution is -2.23. The number of aryl methyl sites for hydroxylation is 3. The van der Waals surface area contributed by atoms with Gasteiger partial charge in [0.1, 0.15) is 0 Å². The normalized spacial score (nSPS) is 11.0. The molecule has 0 atom stereocenters. The summed E-state index contributed by atoms with van der Waals surface area (Å²) in [4.78, 5) is 30.9. The van der Waals surface area contributed by atoms with Crippen LogP contribution in [-0.4, -0.2) is 21.2 Å². The zero-order chi connectivity index (χ0) is 24.1. The highest BCUT2D eigenvalue weighted by Crippen LogP contribution is 2.23. The van der Waals surface area contributed by atoms with Crippen molar-refractivity contribution in [3.8, 4) is 5.69 Å². The van der Waals surface area contributed by atoms with Crippen LogP contribution in [0, 0.1) is 13.8 Å². The van der Waals surface area contributed by atoms with Gasteiger partial charge in [-0.25, -0.2) is 4.98 Å². The van der Waals surface area contributed by atoms with Crippen LogP contribution in [0.1, 0.15) is 36.5 Å². The number of hydrogen-bond donors (Lipinski definition) is 1. The summed E-state index contributed by atoms with van der Waals surface area (Å²) in [6.07, 6.45) is 3.36. The highest BCUT2D eigenvalue weighted by molar-refractivity contribution is 7.99. The summed E-state index contributed by atoms with van der Waals surface area (Å²) in [5.41, 5.74) is 5.40. The Bertz CT molecular complexity index is 1360. The number of unbranched alkanes of at least 4 members (excludes halogenated alkanes) is 1. The molecule has 0 aliphatic heterocycles. The summed E-state index contributed by atoms with van der Waals surface area (Å²) in [6, 6.07) is 21.3. The van der Waals surface area contributed by atoms with Gasteiger partial charge in [-0.1, -0.05) is 55.4 Å². The number of amides is 1. The predicted molar refractivity (Wildman–Crippen MR) is 141 cm³/mol. The van der Waals surface area contributed by atoms with Crippen molar-refractivity contribution in [3.05, 3.63) is 93.8 Å². The Morgan fingerprint density at radius 1 is 1.00 bits per heavy atom. The summed E-state index contributed by atoms with van der Waals surface area (Å²) in [5, 5.41) is 4.00. The third kappa shape index (κ3) is 5.57. The van der Waals surface area contributed by atoms with E-state index in [4.69, 9.17) is 4.98 Å². The minimum absolute atomic E-state index is 0.138. The number of carbonyl (C=O) groups is 1. The van der Waals surface area contributed by atoms with Crippen molar-refractivity contribution in [1.82, 2.24) is 9.55 Å². The lowest BCUT2D eigenvalue weighted by Gasteiger charge is -2.14. The second-order valence-electron chi connectivity index (χ2n) is 8.54. The Labute approximate surface area is 204 Å². The number of anilines is 1. The Balaban J connectivity index is 1.58. The van der Waals surface area contributed by atoms with Gasteiger partial charge in [0.05, 0.1) is 22.3 Å². The van der Waals surface area contributed by atoms with Gasteiger partial charge in [0.2, 0.25) is 5.91 Å². The quantitative estimate of drug-likeness (QED) is 0.250. The first-order chi connectivity index (χ1) is 16.4. The van der Waals surface area contributed by atoms with Crippen LogP contribution in [0.25, 0.3) is 16.6 Å². The number of hydrogen-bond acceptors (Lipinski definition) is 4. The lowest BCUT2D eigenvalue weighted by molar-refractivity contribution is -0.113. The Morgan fingerprint density at radius 2 is 1.71 bits per heavy atom. The van der Waals surface area contributed by atoms with Crippen LogP contribution >= 0.6 is 11.8 Å². The van der Waals surface area contributed by atoms with E-state index in [1.807, 2.05) is 56.3 Å². The highest BCUT2D eigenvalue weighted by Gasteiger charge is 2.15. The Morgan fingerprint density at radius 3 is 2.41 bits per heavy atom. The number of rotatable bonds is 8. The first-order valence-electron chi connectivity index (χ1n) is 11.6. The van der Waals surface area contributed by atoms with Crippen molar-refractivity contribution in [3.63, 3.8) is 0 Å². The van der Waals surface area contributed by atoms with E-state index in [9.17, 15) is 9.59 Å². The number of para-hydroxylation sites is 1. The molecular weight excluding hydrogens is 442 g/mol. The maximum atomic E-state index is 13.4. The van der Waals surface area contributed by atoms with Crippen LogP contribution in [0.4, 0.5) is 5.69 Å². The molecule has 0 fully saturated rings. The molecule has 4 rings (SSSR count). The van der Waals surface area contributed by atoms with Crippen molar-refractivity contribution in [2.75, 3.05) is 11.1 Å². The fourth-order valence-corrected chi connectivity index (χ4v) is 4.79. The maximum Gasteiger partial charge on any atom is 0.266 e. The zero-order valence-corrected chi connectivity index (χ0v) is 20.6. The van der Waals surface area contributed by atoms with Crippen molar-refractivity contribution >= 4 is 34.3 Å². The summed E-state index contributed by atoms with van der Waals surface area (Å²) in [5.74, 6) is 0.00774. The maximum absolute atomic E-state index is 13.4. The molecule has 3 aromatic carbocycles. The van der Waals surface area contributed by atoms with E-state index < -0.39 is 0 Å². The largest absolute Gasteiger partial charge is 0.325 e. The number of benzene rings is 3. The van der Waals surface area contributed by atoms with Crippen LogP contribution in [-0.2, 0) is 11.2 Å². The summed E-state index contributed by atoms with van der Waals surface area (Å²) in [6.45, 7) is 6.18. The number of nitrogens with one attached hydrogen (secondary N) is 1. The molecule has 1 N–H and O–H groups in total. The molecule has 5 nitrogen and oxygen atoms in total. The van der Waals surface area contributed by atoms with E-state index in [2.05, 4.69) is 30.4 Å². The third-order valence-electron chi connectivity index (χ3n) is 5.60. The van der Waals surface area contributed by atoms with Crippen LogP contribution in [0.2, 0.25) is 0 Å². The monoisotopic (exact) mass is 471 g/mol. The molecule has 0 unspecified atom stereocenters. The zero-order valence-electron chi connectivity index (χ0n) is 19.8. The second-order valence-corrected chi connectivity index (χ2v) is 9.48. The van der Waals surface area contributed by atoms with Crippen molar-refractivity contribution in [1.29, 1.82) is 0 Å². The molecule has 0 saturated carbocycles. The van der Waals surface area contributed by atoms with Crippen LogP contribution in [0.5, 0.6) is 0 Å². The standard InChI is InChI=1S/C28H29N3O2S/c1-4-5-8-21-11-13-22(14-12-21)29-26(32)18-34-28-30-25-10-7-6-9-24(25)27(33)31(28)23-16-19(2)15-20(3)17-23/h6-7,9-17H,4-5,8,18H2,1-3H3,(H,29,32). The molecule has 0 aliphatic carbocycles. The second kappa shape index (κ2) is 10.7. The Kier molecular flexibility index (Phi) is 7.48. The van der Waals surface area contributed by atoms with Gasteiger partial charge in [0, 0.05) is 5.69 Å². The topological polar surface area (TPSA) is 64.0 Å². The van der Waals surface area contributed by atoms with Gasteiger partial charge >= 0.3 is 0 Å². The average molecular weight is 472 g/mol. The third-order valence-corrected chi connectivity index (χ3v) is 6.54.